The van der Waals surface area contributed by atoms with Crippen molar-refractivity contribution in [2.24, 2.45) is 5.73 Å². The Bertz CT molecular complexity index is 497. The highest BCUT2D eigenvalue weighted by Gasteiger charge is 2.06. The van der Waals surface area contributed by atoms with E-state index >= 15 is 0 Å². The maximum atomic E-state index is 5.78. The van der Waals surface area contributed by atoms with Crippen molar-refractivity contribution in [1.29, 1.82) is 0 Å². The third-order valence-electron chi connectivity index (χ3n) is 3.08. The van der Waals surface area contributed by atoms with Crippen LogP contribution in [0.5, 0.6) is 0 Å². The van der Waals surface area contributed by atoms with Crippen molar-refractivity contribution in [3.8, 4) is 0 Å². The highest BCUT2D eigenvalue weighted by atomic mass is 15.1. The molecule has 1 atom stereocenters. The third-order valence-corrected chi connectivity index (χ3v) is 3.08. The summed E-state index contributed by atoms with van der Waals surface area (Å²) in [6, 6.07) is 7.25. The van der Waals surface area contributed by atoms with Gasteiger partial charge < -0.3 is 10.3 Å². The van der Waals surface area contributed by atoms with Crippen molar-refractivity contribution >= 4 is 11.0 Å². The van der Waals surface area contributed by atoms with Gasteiger partial charge in [0.25, 0.3) is 0 Å². The molecule has 2 N–H and O–H groups in total. The molecule has 0 amide bonds. The molecule has 0 aliphatic rings. The summed E-state index contributed by atoms with van der Waals surface area (Å²) in [5.74, 6) is 0. The lowest BCUT2D eigenvalue weighted by Gasteiger charge is -2.08. The zero-order valence-corrected chi connectivity index (χ0v) is 10.9. The van der Waals surface area contributed by atoms with Crippen molar-refractivity contribution < 1.29 is 0 Å². The molecule has 1 aromatic carbocycles. The van der Waals surface area contributed by atoms with E-state index < -0.39 is 0 Å². The second-order valence-corrected chi connectivity index (χ2v) is 5.08. The molecule has 17 heavy (non-hydrogen) atoms. The number of rotatable bonds is 4. The minimum atomic E-state index is 0.263. The van der Waals surface area contributed by atoms with Crippen LogP contribution >= 0.6 is 0 Å². The van der Waals surface area contributed by atoms with Gasteiger partial charge in [-0.3, -0.25) is 0 Å². The maximum Gasteiger partial charge on any atom is 0.0960 e. The molecule has 0 bridgehead atoms. The van der Waals surface area contributed by atoms with Crippen molar-refractivity contribution in [2.45, 2.75) is 45.7 Å². The average Bonchev–Trinajstić information content (AvgIpc) is 2.69. The number of hydrogen-bond acceptors (Lipinski definition) is 2. The fourth-order valence-corrected chi connectivity index (χ4v) is 2.04. The number of benzene rings is 1. The highest BCUT2D eigenvalue weighted by Crippen LogP contribution is 2.19. The molecule has 1 aromatic heterocycles. The number of imidazole rings is 1. The minimum absolute atomic E-state index is 0.263. The Labute approximate surface area is 103 Å². The summed E-state index contributed by atoms with van der Waals surface area (Å²) < 4.78 is 2.20. The second-order valence-electron chi connectivity index (χ2n) is 5.08. The topological polar surface area (TPSA) is 43.8 Å². The fourth-order valence-electron chi connectivity index (χ4n) is 2.04. The van der Waals surface area contributed by atoms with Crippen LogP contribution in [0.3, 0.4) is 0 Å². The van der Waals surface area contributed by atoms with Gasteiger partial charge in [0, 0.05) is 12.1 Å². The van der Waals surface area contributed by atoms with E-state index in [1.165, 1.54) is 11.1 Å². The first kappa shape index (κ1) is 12.1. The van der Waals surface area contributed by atoms with E-state index in [-0.39, 0.29) is 6.04 Å². The summed E-state index contributed by atoms with van der Waals surface area (Å²) in [7, 11) is 0. The maximum absolute atomic E-state index is 5.78. The lowest BCUT2D eigenvalue weighted by atomic mass is 10.1. The number of hydrogen-bond donors (Lipinski definition) is 1. The Balaban J connectivity index is 2.26. The zero-order valence-electron chi connectivity index (χ0n) is 10.9. The van der Waals surface area contributed by atoms with Crippen LogP contribution in [0.25, 0.3) is 11.0 Å². The minimum Gasteiger partial charge on any atom is -0.328 e. The van der Waals surface area contributed by atoms with Gasteiger partial charge in [0.1, 0.15) is 0 Å². The van der Waals surface area contributed by atoms with Crippen LogP contribution in [0.4, 0.5) is 0 Å². The molecule has 2 rings (SSSR count). The Hall–Kier alpha value is -1.35. The molecule has 3 heteroatoms. The smallest absolute Gasteiger partial charge is 0.0960 e. The number of nitrogens with zero attached hydrogens (tertiary/aromatic N) is 2. The lowest BCUT2D eigenvalue weighted by Crippen LogP contribution is -2.15. The van der Waals surface area contributed by atoms with Crippen LogP contribution in [-0.4, -0.2) is 15.6 Å². The molecule has 0 saturated carbocycles. The summed E-state index contributed by atoms with van der Waals surface area (Å²) >= 11 is 0. The van der Waals surface area contributed by atoms with Crippen LogP contribution in [-0.2, 0) is 6.42 Å². The first-order chi connectivity index (χ1) is 8.08. The molecular formula is C14H21N3. The van der Waals surface area contributed by atoms with Crippen molar-refractivity contribution in [1.82, 2.24) is 9.55 Å². The van der Waals surface area contributed by atoms with Crippen LogP contribution in [0.2, 0.25) is 0 Å². The predicted molar refractivity (Wildman–Crippen MR) is 72.1 cm³/mol. The van der Waals surface area contributed by atoms with E-state index in [2.05, 4.69) is 41.6 Å². The quantitative estimate of drug-likeness (QED) is 0.879. The number of fused-ring (bicyclic) bond motifs is 1. The monoisotopic (exact) mass is 231 g/mol. The molecule has 2 aromatic rings. The fraction of sp³-hybridized carbons (Fsp3) is 0.500. The van der Waals surface area contributed by atoms with Crippen LogP contribution in [0.1, 0.15) is 38.8 Å². The average molecular weight is 231 g/mol. The Morgan fingerprint density at radius 1 is 1.29 bits per heavy atom. The van der Waals surface area contributed by atoms with Crippen molar-refractivity contribution in [2.75, 3.05) is 0 Å². The highest BCUT2D eigenvalue weighted by molar-refractivity contribution is 5.76. The zero-order chi connectivity index (χ0) is 12.4. The molecule has 0 aliphatic carbocycles. The van der Waals surface area contributed by atoms with E-state index in [4.69, 9.17) is 5.73 Å². The van der Waals surface area contributed by atoms with Crippen LogP contribution < -0.4 is 5.73 Å². The summed E-state index contributed by atoms with van der Waals surface area (Å²) in [6.07, 6.45) is 3.98. The first-order valence-corrected chi connectivity index (χ1v) is 6.29. The van der Waals surface area contributed by atoms with Crippen LogP contribution in [0.15, 0.2) is 24.5 Å². The Morgan fingerprint density at radius 3 is 2.71 bits per heavy atom. The molecule has 0 aliphatic heterocycles. The first-order valence-electron chi connectivity index (χ1n) is 6.29. The normalized spacial score (nSPS) is 13.5. The lowest BCUT2D eigenvalue weighted by molar-refractivity contribution is 0.617. The van der Waals surface area contributed by atoms with Gasteiger partial charge in [0.15, 0.2) is 0 Å². The third kappa shape index (κ3) is 2.67. The van der Waals surface area contributed by atoms with Gasteiger partial charge in [-0.05, 0) is 51.3 Å². The van der Waals surface area contributed by atoms with Gasteiger partial charge in [-0.1, -0.05) is 6.07 Å². The molecule has 0 fully saturated rings. The van der Waals surface area contributed by atoms with Crippen LogP contribution in [0, 0.1) is 0 Å². The summed E-state index contributed by atoms with van der Waals surface area (Å²) in [5.41, 5.74) is 9.40. The Morgan fingerprint density at radius 2 is 2.06 bits per heavy atom. The molecule has 0 saturated heterocycles. The Kier molecular flexibility index (Phi) is 3.48. The molecule has 3 nitrogen and oxygen atoms in total. The van der Waals surface area contributed by atoms with Gasteiger partial charge in [-0.25, -0.2) is 4.98 Å². The van der Waals surface area contributed by atoms with E-state index in [1.54, 1.807) is 0 Å². The molecular weight excluding hydrogens is 210 g/mol. The summed E-state index contributed by atoms with van der Waals surface area (Å²) in [4.78, 5) is 4.46. The van der Waals surface area contributed by atoms with Gasteiger partial charge in [0.05, 0.1) is 17.4 Å². The molecule has 0 radical (unpaired) electrons. The molecule has 1 heterocycles. The van der Waals surface area contributed by atoms with Crippen molar-refractivity contribution in [3.63, 3.8) is 0 Å². The van der Waals surface area contributed by atoms with Gasteiger partial charge in [-0.15, -0.1) is 0 Å². The summed E-state index contributed by atoms with van der Waals surface area (Å²) in [6.45, 7) is 6.39. The van der Waals surface area contributed by atoms with E-state index in [0.717, 1.165) is 18.4 Å². The van der Waals surface area contributed by atoms with E-state index in [1.807, 2.05) is 13.3 Å². The van der Waals surface area contributed by atoms with E-state index in [9.17, 15) is 0 Å². The standard InChI is InChI=1S/C14H21N3/c1-10(2)17-9-16-13-8-12(5-4-11(3)15)6-7-14(13)17/h6-11H,4-5,15H2,1-3H3. The molecule has 1 unspecified atom stereocenters. The predicted octanol–water partition coefficient (Wildman–Crippen LogP) is 2.90. The number of nitrogens with two attached hydrogens (primary N) is 1. The number of aromatic nitrogens is 2. The number of aryl methyl sites for hydroxylation is 1. The van der Waals surface area contributed by atoms with Gasteiger partial charge in [-0.2, -0.15) is 0 Å². The molecule has 92 valence electrons. The van der Waals surface area contributed by atoms with Gasteiger partial charge in [0.2, 0.25) is 0 Å². The van der Waals surface area contributed by atoms with Gasteiger partial charge >= 0.3 is 0 Å². The van der Waals surface area contributed by atoms with E-state index in [0.29, 0.717) is 6.04 Å². The summed E-state index contributed by atoms with van der Waals surface area (Å²) in [5, 5.41) is 0. The van der Waals surface area contributed by atoms with Crippen molar-refractivity contribution in [3.05, 3.63) is 30.1 Å². The largest absolute Gasteiger partial charge is 0.328 e. The second kappa shape index (κ2) is 4.88. The SMILES string of the molecule is CC(N)CCc1ccc2c(c1)ncn2C(C)C. The molecule has 0 spiro atoms.